The number of aryl methyl sites for hydroxylation is 1. The lowest BCUT2D eigenvalue weighted by atomic mass is 9.90. The summed E-state index contributed by atoms with van der Waals surface area (Å²) in [6.45, 7) is 1.96. The molecule has 2 fully saturated rings. The summed E-state index contributed by atoms with van der Waals surface area (Å²) in [5.74, 6) is 0.0977. The molecule has 0 N–H and O–H groups in total. The van der Waals surface area contributed by atoms with E-state index < -0.39 is 18.1 Å². The number of fused-ring (bicyclic) bond motifs is 1. The molecule has 0 spiro atoms. The molecule has 5 rings (SSSR count). The van der Waals surface area contributed by atoms with Gasteiger partial charge in [0, 0.05) is 0 Å². The topological polar surface area (TPSA) is 68.3 Å². The molecule has 33 heavy (non-hydrogen) atoms. The number of carbonyl (C=O) groups excluding carboxylic acids is 2. The van der Waals surface area contributed by atoms with E-state index in [1.165, 1.54) is 4.90 Å². The summed E-state index contributed by atoms with van der Waals surface area (Å²) in [4.78, 5) is 34.4. The van der Waals surface area contributed by atoms with Gasteiger partial charge >= 0.3 is 0 Å². The van der Waals surface area contributed by atoms with Gasteiger partial charge < -0.3 is 9.47 Å². The standard InChI is InChI=1S/C26H24N2O5/c1-16-4-8-18(9-5-16)27-25(29)22-23(17-6-12-20(31-2)13-7-17)28(33-24(22)26(27)30)19-10-14-21(32-3)15-11-19/h4-15,22-24H,1-3H3/t22-,23+,24+/m0/s1. The number of nitrogens with zero attached hydrogens (tertiary/aromatic N) is 2. The molecule has 0 radical (unpaired) electrons. The van der Waals surface area contributed by atoms with Gasteiger partial charge in [-0.3, -0.25) is 14.4 Å². The maximum Gasteiger partial charge on any atom is 0.266 e. The van der Waals surface area contributed by atoms with E-state index in [9.17, 15) is 9.59 Å². The van der Waals surface area contributed by atoms with Gasteiger partial charge in [0.1, 0.15) is 17.4 Å². The van der Waals surface area contributed by atoms with Gasteiger partial charge in [0.05, 0.1) is 31.6 Å². The molecule has 7 nitrogen and oxygen atoms in total. The van der Waals surface area contributed by atoms with Crippen LogP contribution < -0.4 is 19.4 Å². The van der Waals surface area contributed by atoms with Crippen LogP contribution in [0.1, 0.15) is 17.2 Å². The molecule has 0 bridgehead atoms. The molecule has 0 saturated carbocycles. The highest BCUT2D eigenvalue weighted by Crippen LogP contribution is 2.48. The highest BCUT2D eigenvalue weighted by atomic mass is 16.7. The third-order valence-corrected chi connectivity index (χ3v) is 6.19. The van der Waals surface area contributed by atoms with Crippen molar-refractivity contribution in [2.45, 2.75) is 19.1 Å². The number of hydroxylamine groups is 1. The van der Waals surface area contributed by atoms with E-state index in [-0.39, 0.29) is 11.8 Å². The van der Waals surface area contributed by atoms with Gasteiger partial charge in [-0.25, -0.2) is 9.96 Å². The van der Waals surface area contributed by atoms with Crippen LogP contribution in [-0.2, 0) is 14.4 Å². The molecule has 3 aromatic carbocycles. The summed E-state index contributed by atoms with van der Waals surface area (Å²) in [6.07, 6.45) is -0.909. The largest absolute Gasteiger partial charge is 0.497 e. The van der Waals surface area contributed by atoms with Crippen molar-refractivity contribution < 1.29 is 23.9 Å². The molecule has 0 unspecified atom stereocenters. The van der Waals surface area contributed by atoms with Crippen LogP contribution in [0, 0.1) is 12.8 Å². The number of ether oxygens (including phenoxy) is 2. The van der Waals surface area contributed by atoms with E-state index in [1.807, 2.05) is 67.6 Å². The first-order chi connectivity index (χ1) is 16.0. The quantitative estimate of drug-likeness (QED) is 0.553. The Morgan fingerprint density at radius 3 is 1.85 bits per heavy atom. The third-order valence-electron chi connectivity index (χ3n) is 6.19. The predicted octanol–water partition coefficient (Wildman–Crippen LogP) is 4.06. The van der Waals surface area contributed by atoms with Crippen LogP contribution in [0.2, 0.25) is 0 Å². The molecule has 0 aliphatic carbocycles. The Hall–Kier alpha value is -3.84. The first kappa shape index (κ1) is 21.0. The van der Waals surface area contributed by atoms with Gasteiger partial charge in [0.2, 0.25) is 5.91 Å². The molecular formula is C26H24N2O5. The first-order valence-electron chi connectivity index (χ1n) is 10.7. The average molecular weight is 444 g/mol. The van der Waals surface area contributed by atoms with Gasteiger partial charge in [-0.05, 0) is 61.0 Å². The average Bonchev–Trinajstić information content (AvgIpc) is 3.36. The molecule has 2 heterocycles. The zero-order chi connectivity index (χ0) is 23.1. The number of amides is 2. The Morgan fingerprint density at radius 2 is 1.27 bits per heavy atom. The molecule has 2 aliphatic rings. The molecule has 3 aromatic rings. The van der Waals surface area contributed by atoms with E-state index in [1.54, 1.807) is 31.4 Å². The van der Waals surface area contributed by atoms with Crippen molar-refractivity contribution >= 4 is 23.2 Å². The van der Waals surface area contributed by atoms with Crippen LogP contribution >= 0.6 is 0 Å². The summed E-state index contributed by atoms with van der Waals surface area (Å²) in [6, 6.07) is 21.7. The number of hydrogen-bond acceptors (Lipinski definition) is 6. The van der Waals surface area contributed by atoms with E-state index in [2.05, 4.69) is 0 Å². The van der Waals surface area contributed by atoms with Crippen LogP contribution in [-0.4, -0.2) is 32.1 Å². The number of imide groups is 1. The smallest absolute Gasteiger partial charge is 0.266 e. The van der Waals surface area contributed by atoms with E-state index in [0.717, 1.165) is 16.8 Å². The van der Waals surface area contributed by atoms with Crippen molar-refractivity contribution in [1.82, 2.24) is 0 Å². The minimum atomic E-state index is -0.909. The summed E-state index contributed by atoms with van der Waals surface area (Å²) < 4.78 is 10.6. The number of anilines is 2. The van der Waals surface area contributed by atoms with Crippen molar-refractivity contribution in [2.75, 3.05) is 24.2 Å². The number of methoxy groups -OCH3 is 2. The number of benzene rings is 3. The lowest BCUT2D eigenvalue weighted by Gasteiger charge is -2.29. The van der Waals surface area contributed by atoms with Crippen LogP contribution in [0.3, 0.4) is 0 Å². The fourth-order valence-electron chi connectivity index (χ4n) is 4.46. The Labute approximate surface area is 192 Å². The van der Waals surface area contributed by atoms with Gasteiger partial charge in [0.25, 0.3) is 5.91 Å². The second-order valence-electron chi connectivity index (χ2n) is 8.14. The maximum absolute atomic E-state index is 13.6. The second kappa shape index (κ2) is 8.26. The monoisotopic (exact) mass is 444 g/mol. The normalized spacial score (nSPS) is 22.0. The SMILES string of the molecule is COc1ccc([C@@H]2[C@@H]3C(=O)N(c4ccc(C)cc4)C(=O)[C@@H]3ON2c2ccc(OC)cc2)cc1. The van der Waals surface area contributed by atoms with Crippen molar-refractivity contribution in [2.24, 2.45) is 5.92 Å². The van der Waals surface area contributed by atoms with Gasteiger partial charge in [-0.15, -0.1) is 0 Å². The number of carbonyl (C=O) groups is 2. The summed E-state index contributed by atoms with van der Waals surface area (Å²) >= 11 is 0. The molecular weight excluding hydrogens is 420 g/mol. The second-order valence-corrected chi connectivity index (χ2v) is 8.14. The predicted molar refractivity (Wildman–Crippen MR) is 123 cm³/mol. The molecule has 2 amide bonds. The zero-order valence-electron chi connectivity index (χ0n) is 18.6. The van der Waals surface area contributed by atoms with Gasteiger partial charge in [0.15, 0.2) is 6.10 Å². The van der Waals surface area contributed by atoms with Gasteiger partial charge in [-0.2, -0.15) is 0 Å². The molecule has 0 aromatic heterocycles. The highest BCUT2D eigenvalue weighted by Gasteiger charge is 2.60. The minimum Gasteiger partial charge on any atom is -0.497 e. The lowest BCUT2D eigenvalue weighted by Crippen LogP contribution is -2.37. The summed E-state index contributed by atoms with van der Waals surface area (Å²) in [5.41, 5.74) is 3.19. The fraction of sp³-hybridized carbons (Fsp3) is 0.231. The Bertz CT molecular complexity index is 1170. The molecule has 7 heteroatoms. The molecule has 2 saturated heterocycles. The molecule has 3 atom stereocenters. The first-order valence-corrected chi connectivity index (χ1v) is 10.7. The number of hydrogen-bond donors (Lipinski definition) is 0. The number of rotatable bonds is 5. The molecule has 168 valence electrons. The van der Waals surface area contributed by atoms with Crippen molar-refractivity contribution in [3.05, 3.63) is 83.9 Å². The van der Waals surface area contributed by atoms with Crippen molar-refractivity contribution in [3.8, 4) is 11.5 Å². The van der Waals surface area contributed by atoms with Gasteiger partial charge in [-0.1, -0.05) is 29.8 Å². The van der Waals surface area contributed by atoms with E-state index in [4.69, 9.17) is 14.3 Å². The highest BCUT2D eigenvalue weighted by molar-refractivity contribution is 6.23. The van der Waals surface area contributed by atoms with Crippen molar-refractivity contribution in [1.29, 1.82) is 0 Å². The lowest BCUT2D eigenvalue weighted by molar-refractivity contribution is -0.126. The molecule has 2 aliphatic heterocycles. The van der Waals surface area contributed by atoms with Crippen LogP contribution in [0.15, 0.2) is 72.8 Å². The maximum atomic E-state index is 13.6. The van der Waals surface area contributed by atoms with E-state index >= 15 is 0 Å². The van der Waals surface area contributed by atoms with E-state index in [0.29, 0.717) is 17.2 Å². The van der Waals surface area contributed by atoms with Crippen LogP contribution in [0.5, 0.6) is 11.5 Å². The minimum absolute atomic E-state index is 0.273. The summed E-state index contributed by atoms with van der Waals surface area (Å²) in [5, 5.41) is 1.67. The van der Waals surface area contributed by atoms with Crippen LogP contribution in [0.4, 0.5) is 11.4 Å². The fourth-order valence-corrected chi connectivity index (χ4v) is 4.46. The Morgan fingerprint density at radius 1 is 0.727 bits per heavy atom. The third kappa shape index (κ3) is 3.50. The van der Waals surface area contributed by atoms with Crippen LogP contribution in [0.25, 0.3) is 0 Å². The Balaban J connectivity index is 1.56. The Kier molecular flexibility index (Phi) is 5.26. The van der Waals surface area contributed by atoms with Crippen molar-refractivity contribution in [3.63, 3.8) is 0 Å². The zero-order valence-corrected chi connectivity index (χ0v) is 18.6. The summed E-state index contributed by atoms with van der Waals surface area (Å²) in [7, 11) is 3.20.